The number of benzene rings is 2. The van der Waals surface area contributed by atoms with Gasteiger partial charge in [-0.1, -0.05) is 35.4 Å². The summed E-state index contributed by atoms with van der Waals surface area (Å²) in [6.45, 7) is 6.73. The van der Waals surface area contributed by atoms with Crippen LogP contribution in [0.5, 0.6) is 5.75 Å². The summed E-state index contributed by atoms with van der Waals surface area (Å²) in [5.74, 6) is 0.534. The molecule has 1 unspecified atom stereocenters. The molecule has 2 aromatic rings. The smallest absolute Gasteiger partial charge is 0.253 e. The van der Waals surface area contributed by atoms with E-state index >= 15 is 0 Å². The molecule has 128 valence electrons. The first kappa shape index (κ1) is 18.0. The van der Waals surface area contributed by atoms with E-state index in [1.165, 1.54) is 0 Å². The zero-order valence-electron chi connectivity index (χ0n) is 14.7. The van der Waals surface area contributed by atoms with E-state index in [-0.39, 0.29) is 12.5 Å². The van der Waals surface area contributed by atoms with E-state index in [1.807, 2.05) is 32.9 Å². The second-order valence-corrected chi connectivity index (χ2v) is 6.10. The molecule has 0 bridgehead atoms. The second-order valence-electron chi connectivity index (χ2n) is 6.10. The molecule has 0 radical (unpaired) electrons. The first-order valence-electron chi connectivity index (χ1n) is 8.15. The Labute approximate surface area is 143 Å². The number of aliphatic hydroxyl groups excluding tert-OH is 1. The van der Waals surface area contributed by atoms with Gasteiger partial charge >= 0.3 is 0 Å². The summed E-state index contributed by atoms with van der Waals surface area (Å²) in [6, 6.07) is 13.0. The van der Waals surface area contributed by atoms with Crippen molar-refractivity contribution in [3.63, 3.8) is 0 Å². The van der Waals surface area contributed by atoms with E-state index in [0.717, 1.165) is 16.7 Å². The maximum Gasteiger partial charge on any atom is 0.253 e. The Morgan fingerprint density at radius 1 is 1.17 bits per heavy atom. The second kappa shape index (κ2) is 7.97. The van der Waals surface area contributed by atoms with E-state index in [2.05, 4.69) is 6.07 Å². The quantitative estimate of drug-likeness (QED) is 0.883. The van der Waals surface area contributed by atoms with Gasteiger partial charge in [-0.05, 0) is 44.5 Å². The number of rotatable bonds is 6. The maximum absolute atomic E-state index is 12.2. The minimum atomic E-state index is -0.707. The fourth-order valence-corrected chi connectivity index (χ4v) is 2.56. The summed E-state index contributed by atoms with van der Waals surface area (Å²) in [5, 5.41) is 10.3. The molecule has 0 aliphatic rings. The SMILES string of the molecule is CCN(C)C(=O)c1cccc(OCC(O)c2cc(C)cc(C)c2)c1. The summed E-state index contributed by atoms with van der Waals surface area (Å²) in [6.07, 6.45) is -0.707. The van der Waals surface area contributed by atoms with E-state index < -0.39 is 6.10 Å². The Balaban J connectivity index is 2.05. The number of aliphatic hydroxyl groups is 1. The highest BCUT2D eigenvalue weighted by Gasteiger charge is 2.13. The number of carbonyl (C=O) groups excluding carboxylic acids is 1. The van der Waals surface area contributed by atoms with Crippen molar-refractivity contribution in [2.24, 2.45) is 0 Å². The highest BCUT2D eigenvalue weighted by Crippen LogP contribution is 2.20. The maximum atomic E-state index is 12.2. The summed E-state index contributed by atoms with van der Waals surface area (Å²) in [5.41, 5.74) is 3.64. The topological polar surface area (TPSA) is 49.8 Å². The van der Waals surface area contributed by atoms with Crippen LogP contribution in [0.2, 0.25) is 0 Å². The van der Waals surface area contributed by atoms with E-state index in [0.29, 0.717) is 17.9 Å². The van der Waals surface area contributed by atoms with Gasteiger partial charge in [0.05, 0.1) is 0 Å². The molecule has 24 heavy (non-hydrogen) atoms. The Bertz CT molecular complexity index is 692. The lowest BCUT2D eigenvalue weighted by molar-refractivity contribution is 0.0801. The molecule has 0 aliphatic heterocycles. The fourth-order valence-electron chi connectivity index (χ4n) is 2.56. The molecule has 0 fully saturated rings. The minimum Gasteiger partial charge on any atom is -0.491 e. The molecule has 0 heterocycles. The normalized spacial score (nSPS) is 11.9. The van der Waals surface area contributed by atoms with Crippen molar-refractivity contribution >= 4 is 5.91 Å². The van der Waals surface area contributed by atoms with Crippen LogP contribution in [0.1, 0.15) is 40.1 Å². The van der Waals surface area contributed by atoms with Gasteiger partial charge in [0.2, 0.25) is 0 Å². The van der Waals surface area contributed by atoms with Gasteiger partial charge in [-0.2, -0.15) is 0 Å². The van der Waals surface area contributed by atoms with Crippen LogP contribution in [-0.2, 0) is 0 Å². The van der Waals surface area contributed by atoms with Gasteiger partial charge in [0.1, 0.15) is 18.5 Å². The van der Waals surface area contributed by atoms with Crippen LogP contribution in [0.25, 0.3) is 0 Å². The average Bonchev–Trinajstić information content (AvgIpc) is 2.57. The van der Waals surface area contributed by atoms with Gasteiger partial charge in [-0.3, -0.25) is 4.79 Å². The molecule has 0 spiro atoms. The number of hydrogen-bond acceptors (Lipinski definition) is 3. The Morgan fingerprint density at radius 3 is 2.46 bits per heavy atom. The summed E-state index contributed by atoms with van der Waals surface area (Å²) < 4.78 is 5.69. The third kappa shape index (κ3) is 4.59. The van der Waals surface area contributed by atoms with Crippen molar-refractivity contribution in [1.82, 2.24) is 4.90 Å². The molecule has 1 amide bonds. The third-order valence-electron chi connectivity index (χ3n) is 3.94. The standard InChI is InChI=1S/C20H25NO3/c1-5-21(4)20(23)16-7-6-8-18(12-16)24-13-19(22)17-10-14(2)9-15(3)11-17/h6-12,19,22H,5,13H2,1-4H3. The molecule has 0 saturated carbocycles. The van der Waals surface area contributed by atoms with Gasteiger partial charge in [-0.25, -0.2) is 0 Å². The van der Waals surface area contributed by atoms with E-state index in [4.69, 9.17) is 4.74 Å². The molecule has 1 N–H and O–H groups in total. The Morgan fingerprint density at radius 2 is 1.83 bits per heavy atom. The Hall–Kier alpha value is -2.33. The molecule has 2 rings (SSSR count). The minimum absolute atomic E-state index is 0.0437. The van der Waals surface area contributed by atoms with Gasteiger partial charge in [0.15, 0.2) is 0 Å². The van der Waals surface area contributed by atoms with Crippen molar-refractivity contribution in [2.45, 2.75) is 26.9 Å². The molecule has 4 heteroatoms. The number of hydrogen-bond donors (Lipinski definition) is 1. The van der Waals surface area contributed by atoms with Crippen molar-refractivity contribution in [3.8, 4) is 5.75 Å². The number of amides is 1. The summed E-state index contributed by atoms with van der Waals surface area (Å²) in [7, 11) is 1.76. The lowest BCUT2D eigenvalue weighted by Crippen LogP contribution is -2.26. The molecular weight excluding hydrogens is 302 g/mol. The average molecular weight is 327 g/mol. The predicted molar refractivity (Wildman–Crippen MR) is 95.4 cm³/mol. The van der Waals surface area contributed by atoms with Gasteiger partial charge in [-0.15, -0.1) is 0 Å². The van der Waals surface area contributed by atoms with Gasteiger partial charge in [0.25, 0.3) is 5.91 Å². The number of nitrogens with zero attached hydrogens (tertiary/aromatic N) is 1. The highest BCUT2D eigenvalue weighted by molar-refractivity contribution is 5.94. The molecule has 2 aromatic carbocycles. The van der Waals surface area contributed by atoms with E-state index in [1.54, 1.807) is 36.2 Å². The first-order valence-corrected chi connectivity index (χ1v) is 8.15. The lowest BCUT2D eigenvalue weighted by Gasteiger charge is -2.16. The van der Waals surface area contributed by atoms with Gasteiger partial charge < -0.3 is 14.7 Å². The number of carbonyl (C=O) groups is 1. The van der Waals surface area contributed by atoms with Crippen LogP contribution in [0.15, 0.2) is 42.5 Å². The molecule has 0 aliphatic carbocycles. The highest BCUT2D eigenvalue weighted by atomic mass is 16.5. The van der Waals surface area contributed by atoms with Crippen LogP contribution in [0.3, 0.4) is 0 Å². The monoisotopic (exact) mass is 327 g/mol. The van der Waals surface area contributed by atoms with Crippen molar-refractivity contribution < 1.29 is 14.6 Å². The predicted octanol–water partition coefficient (Wildman–Crippen LogP) is 3.51. The molecule has 1 atom stereocenters. The summed E-state index contributed by atoms with van der Waals surface area (Å²) >= 11 is 0. The van der Waals surface area contributed by atoms with Crippen LogP contribution in [0.4, 0.5) is 0 Å². The molecule has 4 nitrogen and oxygen atoms in total. The third-order valence-corrected chi connectivity index (χ3v) is 3.94. The van der Waals surface area contributed by atoms with Crippen LogP contribution in [-0.4, -0.2) is 36.1 Å². The lowest BCUT2D eigenvalue weighted by atomic mass is 10.0. The van der Waals surface area contributed by atoms with Crippen molar-refractivity contribution in [3.05, 3.63) is 64.7 Å². The first-order chi connectivity index (χ1) is 11.4. The summed E-state index contributed by atoms with van der Waals surface area (Å²) in [4.78, 5) is 13.8. The number of aryl methyl sites for hydroxylation is 2. The molecule has 0 aromatic heterocycles. The molecular formula is C20H25NO3. The Kier molecular flexibility index (Phi) is 5.99. The van der Waals surface area contributed by atoms with Crippen molar-refractivity contribution in [1.29, 1.82) is 0 Å². The van der Waals surface area contributed by atoms with Crippen molar-refractivity contribution in [2.75, 3.05) is 20.2 Å². The zero-order chi connectivity index (χ0) is 17.7. The number of ether oxygens (including phenoxy) is 1. The largest absolute Gasteiger partial charge is 0.491 e. The fraction of sp³-hybridized carbons (Fsp3) is 0.350. The van der Waals surface area contributed by atoms with Crippen LogP contribution >= 0.6 is 0 Å². The zero-order valence-corrected chi connectivity index (χ0v) is 14.7. The van der Waals surface area contributed by atoms with Crippen LogP contribution < -0.4 is 4.74 Å². The van der Waals surface area contributed by atoms with E-state index in [9.17, 15) is 9.90 Å². The molecule has 0 saturated heterocycles. The van der Waals surface area contributed by atoms with Gasteiger partial charge in [0, 0.05) is 19.2 Å². The van der Waals surface area contributed by atoms with Crippen LogP contribution in [0, 0.1) is 13.8 Å².